The van der Waals surface area contributed by atoms with E-state index in [1.54, 1.807) is 20.4 Å². The first kappa shape index (κ1) is 13.4. The highest BCUT2D eigenvalue weighted by Gasteiger charge is 2.12. The molecular weight excluding hydrogens is 240 g/mol. The zero-order valence-corrected chi connectivity index (χ0v) is 11.4. The molecule has 0 saturated carbocycles. The third-order valence-electron chi connectivity index (χ3n) is 3.06. The second kappa shape index (κ2) is 5.71. The van der Waals surface area contributed by atoms with E-state index in [9.17, 15) is 0 Å². The normalized spacial score (nSPS) is 12.0. The smallest absolute Gasteiger partial charge is 0.161 e. The summed E-state index contributed by atoms with van der Waals surface area (Å²) < 4.78 is 10.5. The van der Waals surface area contributed by atoms with Gasteiger partial charge in [0.05, 0.1) is 20.3 Å². The molecule has 0 fully saturated rings. The fraction of sp³-hybridized carbons (Fsp3) is 0.267. The van der Waals surface area contributed by atoms with Crippen molar-refractivity contribution >= 4 is 0 Å². The van der Waals surface area contributed by atoms with Gasteiger partial charge in [0.2, 0.25) is 0 Å². The molecule has 2 N–H and O–H groups in total. The van der Waals surface area contributed by atoms with Crippen molar-refractivity contribution in [2.45, 2.75) is 13.0 Å². The summed E-state index contributed by atoms with van der Waals surface area (Å²) in [6.07, 6.45) is 1.80. The lowest BCUT2D eigenvalue weighted by Gasteiger charge is -2.15. The molecule has 1 atom stereocenters. The average molecular weight is 258 g/mol. The van der Waals surface area contributed by atoms with Crippen LogP contribution in [0.5, 0.6) is 11.5 Å². The van der Waals surface area contributed by atoms with Crippen LogP contribution in [0.25, 0.3) is 0 Å². The lowest BCUT2D eigenvalue weighted by atomic mass is 10.0. The van der Waals surface area contributed by atoms with Gasteiger partial charge in [0.1, 0.15) is 0 Å². The highest BCUT2D eigenvalue weighted by molar-refractivity contribution is 5.45. The first-order valence-corrected chi connectivity index (χ1v) is 6.05. The zero-order valence-electron chi connectivity index (χ0n) is 11.4. The molecule has 2 aromatic rings. The number of hydrogen-bond acceptors (Lipinski definition) is 4. The van der Waals surface area contributed by atoms with Crippen LogP contribution in [0, 0.1) is 6.92 Å². The number of pyridine rings is 1. The van der Waals surface area contributed by atoms with Gasteiger partial charge in [0.15, 0.2) is 11.5 Å². The Hall–Kier alpha value is -2.07. The number of rotatable bonds is 4. The van der Waals surface area contributed by atoms with Crippen LogP contribution in [0.15, 0.2) is 36.5 Å². The Morgan fingerprint density at radius 2 is 1.68 bits per heavy atom. The fourth-order valence-corrected chi connectivity index (χ4v) is 1.90. The highest BCUT2D eigenvalue weighted by atomic mass is 16.5. The summed E-state index contributed by atoms with van der Waals surface area (Å²) in [5.41, 5.74) is 9.15. The lowest BCUT2D eigenvalue weighted by molar-refractivity contribution is 0.354. The predicted molar refractivity (Wildman–Crippen MR) is 74.6 cm³/mol. The van der Waals surface area contributed by atoms with Gasteiger partial charge in [-0.05, 0) is 36.2 Å². The minimum Gasteiger partial charge on any atom is -0.493 e. The van der Waals surface area contributed by atoms with Crippen molar-refractivity contribution in [1.82, 2.24) is 4.98 Å². The van der Waals surface area contributed by atoms with Crippen molar-refractivity contribution in [2.24, 2.45) is 5.73 Å². The Bertz CT molecular complexity index is 553. The van der Waals surface area contributed by atoms with Gasteiger partial charge in [-0.15, -0.1) is 0 Å². The van der Waals surface area contributed by atoms with Gasteiger partial charge in [0.25, 0.3) is 0 Å². The standard InChI is InChI=1S/C15H18N2O2/c1-10-4-5-12(9-17-10)15(16)11-6-7-13(18-2)14(8-11)19-3/h4-9,15H,16H2,1-3H3. The summed E-state index contributed by atoms with van der Waals surface area (Å²) in [6.45, 7) is 1.95. The topological polar surface area (TPSA) is 57.4 Å². The van der Waals surface area contributed by atoms with Gasteiger partial charge in [-0.1, -0.05) is 12.1 Å². The number of ether oxygens (including phenoxy) is 2. The molecular formula is C15H18N2O2. The first-order chi connectivity index (χ1) is 9.15. The summed E-state index contributed by atoms with van der Waals surface area (Å²) in [4.78, 5) is 4.27. The van der Waals surface area contributed by atoms with Gasteiger partial charge in [-0.25, -0.2) is 0 Å². The van der Waals surface area contributed by atoms with Crippen LogP contribution < -0.4 is 15.2 Å². The SMILES string of the molecule is COc1ccc(C(N)c2ccc(C)nc2)cc1OC. The van der Waals surface area contributed by atoms with E-state index in [4.69, 9.17) is 15.2 Å². The summed E-state index contributed by atoms with van der Waals surface area (Å²) >= 11 is 0. The van der Waals surface area contributed by atoms with Crippen molar-refractivity contribution in [3.63, 3.8) is 0 Å². The molecule has 4 nitrogen and oxygen atoms in total. The first-order valence-electron chi connectivity index (χ1n) is 6.05. The number of methoxy groups -OCH3 is 2. The number of nitrogens with two attached hydrogens (primary N) is 1. The van der Waals surface area contributed by atoms with Gasteiger partial charge in [-0.3, -0.25) is 4.98 Å². The second-order valence-electron chi connectivity index (χ2n) is 4.33. The van der Waals surface area contributed by atoms with Crippen molar-refractivity contribution in [2.75, 3.05) is 14.2 Å². The van der Waals surface area contributed by atoms with Crippen molar-refractivity contribution in [3.05, 3.63) is 53.3 Å². The molecule has 1 aromatic heterocycles. The molecule has 0 spiro atoms. The van der Waals surface area contributed by atoms with E-state index in [0.717, 1.165) is 16.8 Å². The maximum absolute atomic E-state index is 6.25. The molecule has 4 heteroatoms. The molecule has 0 aliphatic heterocycles. The Kier molecular flexibility index (Phi) is 4.02. The maximum Gasteiger partial charge on any atom is 0.161 e. The summed E-state index contributed by atoms with van der Waals surface area (Å²) in [6, 6.07) is 9.40. The number of aryl methyl sites for hydroxylation is 1. The van der Waals surface area contributed by atoms with Crippen LogP contribution in [0.1, 0.15) is 22.9 Å². The maximum atomic E-state index is 6.25. The van der Waals surface area contributed by atoms with E-state index in [2.05, 4.69) is 4.98 Å². The van der Waals surface area contributed by atoms with E-state index >= 15 is 0 Å². The lowest BCUT2D eigenvalue weighted by Crippen LogP contribution is -2.12. The van der Waals surface area contributed by atoms with Gasteiger partial charge >= 0.3 is 0 Å². The number of hydrogen-bond donors (Lipinski definition) is 1. The third kappa shape index (κ3) is 2.85. The van der Waals surface area contributed by atoms with Crippen LogP contribution in [0.4, 0.5) is 0 Å². The second-order valence-corrected chi connectivity index (χ2v) is 4.33. The van der Waals surface area contributed by atoms with Crippen LogP contribution in [-0.4, -0.2) is 19.2 Å². The van der Waals surface area contributed by atoms with Crippen molar-refractivity contribution < 1.29 is 9.47 Å². The van der Waals surface area contributed by atoms with E-state index in [0.29, 0.717) is 11.5 Å². The van der Waals surface area contributed by atoms with Crippen molar-refractivity contribution in [3.8, 4) is 11.5 Å². The molecule has 0 aliphatic rings. The minimum absolute atomic E-state index is 0.229. The molecule has 1 aromatic carbocycles. The van der Waals surface area contributed by atoms with Gasteiger partial charge < -0.3 is 15.2 Å². The summed E-state index contributed by atoms with van der Waals surface area (Å²) in [5, 5.41) is 0. The van der Waals surface area contributed by atoms with Crippen LogP contribution in [0.2, 0.25) is 0 Å². The molecule has 0 radical (unpaired) electrons. The Morgan fingerprint density at radius 1 is 1.00 bits per heavy atom. The van der Waals surface area contributed by atoms with Crippen LogP contribution in [-0.2, 0) is 0 Å². The number of aromatic nitrogens is 1. The largest absolute Gasteiger partial charge is 0.493 e. The monoisotopic (exact) mass is 258 g/mol. The molecule has 1 unspecified atom stereocenters. The van der Waals surface area contributed by atoms with E-state index < -0.39 is 0 Å². The highest BCUT2D eigenvalue weighted by Crippen LogP contribution is 2.31. The molecule has 0 bridgehead atoms. The Morgan fingerprint density at radius 3 is 2.26 bits per heavy atom. The zero-order chi connectivity index (χ0) is 13.8. The Balaban J connectivity index is 2.33. The summed E-state index contributed by atoms with van der Waals surface area (Å²) in [7, 11) is 3.22. The van der Waals surface area contributed by atoms with E-state index in [1.165, 1.54) is 0 Å². The molecule has 0 aliphatic carbocycles. The molecule has 2 rings (SSSR count). The minimum atomic E-state index is -0.229. The quantitative estimate of drug-likeness (QED) is 0.915. The van der Waals surface area contributed by atoms with E-state index in [-0.39, 0.29) is 6.04 Å². The van der Waals surface area contributed by atoms with Crippen molar-refractivity contribution in [1.29, 1.82) is 0 Å². The molecule has 0 amide bonds. The van der Waals surface area contributed by atoms with Crippen LogP contribution >= 0.6 is 0 Å². The molecule has 0 saturated heterocycles. The predicted octanol–water partition coefficient (Wildman–Crippen LogP) is 2.46. The average Bonchev–Trinajstić information content (AvgIpc) is 2.46. The number of nitrogens with zero attached hydrogens (tertiary/aromatic N) is 1. The fourth-order valence-electron chi connectivity index (χ4n) is 1.90. The molecule has 19 heavy (non-hydrogen) atoms. The van der Waals surface area contributed by atoms with E-state index in [1.807, 2.05) is 37.3 Å². The summed E-state index contributed by atoms with van der Waals surface area (Å²) in [5.74, 6) is 1.37. The van der Waals surface area contributed by atoms with Gasteiger partial charge in [-0.2, -0.15) is 0 Å². The molecule has 1 heterocycles. The third-order valence-corrected chi connectivity index (χ3v) is 3.06. The van der Waals surface area contributed by atoms with Gasteiger partial charge in [0, 0.05) is 11.9 Å². The molecule has 100 valence electrons. The Labute approximate surface area is 113 Å². The van der Waals surface area contributed by atoms with Crippen LogP contribution in [0.3, 0.4) is 0 Å². The number of benzene rings is 1.